The van der Waals surface area contributed by atoms with Gasteiger partial charge in [-0.3, -0.25) is 9.59 Å². The van der Waals surface area contributed by atoms with Gasteiger partial charge in [0, 0.05) is 38.2 Å². The average Bonchev–Trinajstić information content (AvgIpc) is 3.38. The van der Waals surface area contributed by atoms with E-state index in [2.05, 4.69) is 4.72 Å². The molecule has 0 saturated carbocycles. The minimum atomic E-state index is -3.70. The largest absolute Gasteiger partial charge is 0.468 e. The minimum Gasteiger partial charge on any atom is -0.468 e. The molecule has 9 heteroatoms. The Kier molecular flexibility index (Phi) is 6.95. The smallest absolute Gasteiger partial charge is 0.240 e. The molecule has 1 aromatic carbocycles. The number of furan rings is 1. The lowest BCUT2D eigenvalue weighted by molar-refractivity contribution is -0.133. The number of benzene rings is 1. The van der Waals surface area contributed by atoms with Crippen molar-refractivity contribution in [1.82, 2.24) is 9.62 Å². The zero-order valence-corrected chi connectivity index (χ0v) is 18.9. The zero-order valence-electron chi connectivity index (χ0n) is 18.1. The molecule has 1 N–H and O–H groups in total. The Labute approximate surface area is 188 Å². The second-order valence-corrected chi connectivity index (χ2v) is 10.1. The highest BCUT2D eigenvalue weighted by molar-refractivity contribution is 7.89. The fraction of sp³-hybridized carbons (Fsp3) is 0.478. The highest BCUT2D eigenvalue weighted by Crippen LogP contribution is 2.31. The Morgan fingerprint density at radius 3 is 2.44 bits per heavy atom. The van der Waals surface area contributed by atoms with Crippen LogP contribution in [0.1, 0.15) is 49.8 Å². The van der Waals surface area contributed by atoms with Crippen LogP contribution in [0.5, 0.6) is 0 Å². The van der Waals surface area contributed by atoms with E-state index >= 15 is 0 Å². The molecule has 4 rings (SSSR count). The first-order valence-corrected chi connectivity index (χ1v) is 12.7. The lowest BCUT2D eigenvalue weighted by Crippen LogP contribution is -2.34. The first-order chi connectivity index (χ1) is 15.4. The summed E-state index contributed by atoms with van der Waals surface area (Å²) in [6.45, 7) is 2.13. The molecule has 0 radical (unpaired) electrons. The SMILES string of the molecule is O=C(CCC(=O)N1CCc2cc(S(=O)(=O)NCc3ccco3)ccc21)N1CCCCCC1. The summed E-state index contributed by atoms with van der Waals surface area (Å²) in [7, 11) is -3.70. The van der Waals surface area contributed by atoms with E-state index < -0.39 is 10.0 Å². The second kappa shape index (κ2) is 9.87. The van der Waals surface area contributed by atoms with Crippen LogP contribution in [0.2, 0.25) is 0 Å². The van der Waals surface area contributed by atoms with Gasteiger partial charge in [0.2, 0.25) is 21.8 Å². The van der Waals surface area contributed by atoms with Gasteiger partial charge in [0.1, 0.15) is 5.76 Å². The monoisotopic (exact) mass is 459 g/mol. The Hall–Kier alpha value is -2.65. The van der Waals surface area contributed by atoms with Crippen molar-refractivity contribution in [2.45, 2.75) is 56.4 Å². The van der Waals surface area contributed by atoms with E-state index in [0.717, 1.165) is 50.0 Å². The van der Waals surface area contributed by atoms with Crippen LogP contribution in [0.25, 0.3) is 0 Å². The van der Waals surface area contributed by atoms with Gasteiger partial charge in [0.05, 0.1) is 17.7 Å². The van der Waals surface area contributed by atoms with Crippen molar-refractivity contribution in [3.05, 3.63) is 47.9 Å². The van der Waals surface area contributed by atoms with Crippen LogP contribution >= 0.6 is 0 Å². The number of hydrogen-bond acceptors (Lipinski definition) is 5. The van der Waals surface area contributed by atoms with Crippen molar-refractivity contribution in [1.29, 1.82) is 0 Å². The third kappa shape index (κ3) is 5.21. The molecule has 3 heterocycles. The van der Waals surface area contributed by atoms with Crippen LogP contribution in [0.4, 0.5) is 5.69 Å². The number of carbonyl (C=O) groups excluding carboxylic acids is 2. The van der Waals surface area contributed by atoms with Crippen molar-refractivity contribution in [2.75, 3.05) is 24.5 Å². The molecule has 2 amide bonds. The van der Waals surface area contributed by atoms with Gasteiger partial charge < -0.3 is 14.2 Å². The van der Waals surface area contributed by atoms with E-state index in [4.69, 9.17) is 4.42 Å². The molecule has 2 aliphatic rings. The van der Waals surface area contributed by atoms with Crippen molar-refractivity contribution in [3.63, 3.8) is 0 Å². The molecule has 1 aromatic heterocycles. The van der Waals surface area contributed by atoms with Gasteiger partial charge in [-0.2, -0.15) is 0 Å². The number of rotatable bonds is 7. The van der Waals surface area contributed by atoms with Gasteiger partial charge in [-0.25, -0.2) is 13.1 Å². The van der Waals surface area contributed by atoms with Gasteiger partial charge in [-0.1, -0.05) is 12.8 Å². The molecule has 0 bridgehead atoms. The van der Waals surface area contributed by atoms with E-state index in [1.807, 2.05) is 4.90 Å². The lowest BCUT2D eigenvalue weighted by Gasteiger charge is -2.21. The molecule has 172 valence electrons. The van der Waals surface area contributed by atoms with Crippen LogP contribution in [-0.2, 0) is 32.6 Å². The van der Waals surface area contributed by atoms with Crippen LogP contribution in [0.3, 0.4) is 0 Å². The predicted molar refractivity (Wildman–Crippen MR) is 120 cm³/mol. The van der Waals surface area contributed by atoms with Crippen LogP contribution in [0, 0.1) is 0 Å². The summed E-state index contributed by atoms with van der Waals surface area (Å²) in [5.74, 6) is 0.475. The van der Waals surface area contributed by atoms with E-state index in [-0.39, 0.29) is 36.1 Å². The van der Waals surface area contributed by atoms with Crippen LogP contribution in [0.15, 0.2) is 45.9 Å². The Bertz CT molecular complexity index is 1060. The number of nitrogens with one attached hydrogen (secondary N) is 1. The van der Waals surface area contributed by atoms with Gasteiger partial charge in [-0.15, -0.1) is 0 Å². The third-order valence-electron chi connectivity index (χ3n) is 6.09. The number of carbonyl (C=O) groups is 2. The normalized spacial score (nSPS) is 16.6. The number of fused-ring (bicyclic) bond motifs is 1. The Balaban J connectivity index is 1.36. The highest BCUT2D eigenvalue weighted by Gasteiger charge is 2.27. The summed E-state index contributed by atoms with van der Waals surface area (Å²) in [5.41, 5.74) is 1.54. The maximum atomic E-state index is 12.8. The van der Waals surface area contributed by atoms with Crippen molar-refractivity contribution in [3.8, 4) is 0 Å². The predicted octanol–water partition coefficient (Wildman–Crippen LogP) is 2.83. The standard InChI is InChI=1S/C23H29N3O5S/c27-22(25-12-3-1-2-4-13-25)9-10-23(28)26-14-11-18-16-20(7-8-21(18)26)32(29,30)24-17-19-6-5-15-31-19/h5-8,15-16,24H,1-4,9-14,17H2. The summed E-state index contributed by atoms with van der Waals surface area (Å²) < 4.78 is 32.9. The van der Waals surface area contributed by atoms with Crippen molar-refractivity contribution in [2.24, 2.45) is 0 Å². The molecule has 8 nitrogen and oxygen atoms in total. The fourth-order valence-electron chi connectivity index (χ4n) is 4.29. The number of amides is 2. The lowest BCUT2D eigenvalue weighted by atomic mass is 10.2. The number of anilines is 1. The molecule has 0 aliphatic carbocycles. The van der Waals surface area contributed by atoms with E-state index in [1.54, 1.807) is 29.2 Å². The molecule has 0 unspecified atom stereocenters. The van der Waals surface area contributed by atoms with Crippen LogP contribution in [-0.4, -0.2) is 44.8 Å². The topological polar surface area (TPSA) is 99.9 Å². The van der Waals surface area contributed by atoms with Crippen molar-refractivity contribution >= 4 is 27.5 Å². The number of nitrogens with zero attached hydrogens (tertiary/aromatic N) is 2. The number of likely N-dealkylation sites (tertiary alicyclic amines) is 1. The van der Waals surface area contributed by atoms with Crippen molar-refractivity contribution < 1.29 is 22.4 Å². The molecule has 32 heavy (non-hydrogen) atoms. The molecule has 2 aromatic rings. The maximum Gasteiger partial charge on any atom is 0.240 e. The highest BCUT2D eigenvalue weighted by atomic mass is 32.2. The molecule has 1 saturated heterocycles. The molecule has 0 atom stereocenters. The van der Waals surface area contributed by atoms with Gasteiger partial charge >= 0.3 is 0 Å². The minimum absolute atomic E-state index is 0.0451. The fourth-order valence-corrected chi connectivity index (χ4v) is 5.34. The average molecular weight is 460 g/mol. The zero-order chi connectivity index (χ0) is 22.6. The maximum absolute atomic E-state index is 12.8. The molecular weight excluding hydrogens is 430 g/mol. The summed E-state index contributed by atoms with van der Waals surface area (Å²) in [5, 5.41) is 0. The van der Waals surface area contributed by atoms with E-state index in [1.165, 1.54) is 12.3 Å². The molecule has 1 fully saturated rings. The summed E-state index contributed by atoms with van der Waals surface area (Å²) in [6, 6.07) is 8.21. The molecular formula is C23H29N3O5S. The second-order valence-electron chi connectivity index (χ2n) is 8.28. The van der Waals surface area contributed by atoms with Gasteiger partial charge in [0.25, 0.3) is 0 Å². The summed E-state index contributed by atoms with van der Waals surface area (Å²) in [4.78, 5) is 29.0. The van der Waals surface area contributed by atoms with Crippen LogP contribution < -0.4 is 9.62 Å². The van der Waals surface area contributed by atoms with E-state index in [0.29, 0.717) is 18.7 Å². The number of sulfonamides is 1. The van der Waals surface area contributed by atoms with Gasteiger partial charge in [0.15, 0.2) is 0 Å². The first-order valence-electron chi connectivity index (χ1n) is 11.2. The van der Waals surface area contributed by atoms with Gasteiger partial charge in [-0.05, 0) is 55.2 Å². The summed E-state index contributed by atoms with van der Waals surface area (Å²) >= 11 is 0. The molecule has 0 spiro atoms. The van der Waals surface area contributed by atoms with E-state index in [9.17, 15) is 18.0 Å². The quantitative estimate of drug-likeness (QED) is 0.686. The first kappa shape index (κ1) is 22.5. The third-order valence-corrected chi connectivity index (χ3v) is 7.48. The Morgan fingerprint density at radius 1 is 0.969 bits per heavy atom. The Morgan fingerprint density at radius 2 is 1.72 bits per heavy atom. The summed E-state index contributed by atoms with van der Waals surface area (Å²) in [6.07, 6.45) is 6.83. The molecule has 2 aliphatic heterocycles. The number of hydrogen-bond donors (Lipinski definition) is 1.